The van der Waals surface area contributed by atoms with Crippen LogP contribution in [0.1, 0.15) is 18.9 Å². The van der Waals surface area contributed by atoms with Crippen molar-refractivity contribution in [3.8, 4) is 5.88 Å². The van der Waals surface area contributed by atoms with E-state index in [9.17, 15) is 10.1 Å². The second-order valence-corrected chi connectivity index (χ2v) is 6.09. The van der Waals surface area contributed by atoms with Gasteiger partial charge in [0.2, 0.25) is 5.88 Å². The van der Waals surface area contributed by atoms with Gasteiger partial charge >= 0.3 is 0 Å². The molecule has 0 radical (unpaired) electrons. The molecule has 0 bridgehead atoms. The molecule has 0 amide bonds. The van der Waals surface area contributed by atoms with Crippen LogP contribution >= 0.6 is 0 Å². The van der Waals surface area contributed by atoms with E-state index in [0.717, 1.165) is 26.1 Å². The number of aromatic nitrogens is 1. The first-order valence-corrected chi connectivity index (χ1v) is 8.47. The first kappa shape index (κ1) is 17.2. The first-order valence-electron chi connectivity index (χ1n) is 8.47. The SMILES string of the molecule is CCNc1cc([N+](=O)[O-])cc(OC2CCN(Cc3ccccc3)C2)n1. The Balaban J connectivity index is 1.63. The minimum absolute atomic E-state index is 0.00677. The molecule has 25 heavy (non-hydrogen) atoms. The standard InChI is InChI=1S/C18H22N4O3/c1-2-19-17-10-15(22(23)24)11-18(20-17)25-16-8-9-21(13-16)12-14-6-4-3-5-7-14/h3-7,10-11,16H,2,8-9,12-13H2,1H3,(H,19,20). The predicted octanol–water partition coefficient (Wildman–Crippen LogP) is 3.07. The van der Waals surface area contributed by atoms with Crippen molar-refractivity contribution in [2.24, 2.45) is 0 Å². The normalized spacial score (nSPS) is 17.4. The molecule has 0 spiro atoms. The molecule has 1 N–H and O–H groups in total. The summed E-state index contributed by atoms with van der Waals surface area (Å²) >= 11 is 0. The Labute approximate surface area is 146 Å². The van der Waals surface area contributed by atoms with E-state index in [1.807, 2.05) is 25.1 Å². The van der Waals surface area contributed by atoms with Crippen molar-refractivity contribution < 1.29 is 9.66 Å². The van der Waals surface area contributed by atoms with Gasteiger partial charge in [0.1, 0.15) is 11.9 Å². The molecule has 1 atom stereocenters. The van der Waals surface area contributed by atoms with Crippen LogP contribution in [0.2, 0.25) is 0 Å². The van der Waals surface area contributed by atoms with Crippen molar-refractivity contribution in [2.45, 2.75) is 26.0 Å². The Kier molecular flexibility index (Phi) is 5.45. The third-order valence-electron chi connectivity index (χ3n) is 4.12. The summed E-state index contributed by atoms with van der Waals surface area (Å²) in [5, 5.41) is 14.1. The van der Waals surface area contributed by atoms with Crippen molar-refractivity contribution in [2.75, 3.05) is 25.0 Å². The molecule has 2 heterocycles. The zero-order valence-electron chi connectivity index (χ0n) is 14.2. The lowest BCUT2D eigenvalue weighted by molar-refractivity contribution is -0.384. The van der Waals surface area contributed by atoms with Crippen molar-refractivity contribution >= 4 is 11.5 Å². The van der Waals surface area contributed by atoms with Crippen LogP contribution in [0, 0.1) is 10.1 Å². The van der Waals surface area contributed by atoms with Gasteiger partial charge in [-0.05, 0) is 18.9 Å². The van der Waals surface area contributed by atoms with Crippen LogP contribution in [0.15, 0.2) is 42.5 Å². The Hall–Kier alpha value is -2.67. The van der Waals surface area contributed by atoms with E-state index in [-0.39, 0.29) is 11.8 Å². The van der Waals surface area contributed by atoms with E-state index in [0.29, 0.717) is 18.2 Å². The maximum atomic E-state index is 11.1. The second kappa shape index (κ2) is 7.94. The summed E-state index contributed by atoms with van der Waals surface area (Å²) in [5.41, 5.74) is 1.26. The number of ether oxygens (including phenoxy) is 1. The summed E-state index contributed by atoms with van der Waals surface area (Å²) in [6.07, 6.45) is 0.876. The molecule has 1 aromatic heterocycles. The highest BCUT2D eigenvalue weighted by Crippen LogP contribution is 2.25. The molecule has 1 unspecified atom stereocenters. The molecular formula is C18H22N4O3. The van der Waals surface area contributed by atoms with Gasteiger partial charge in [-0.2, -0.15) is 4.98 Å². The highest BCUT2D eigenvalue weighted by atomic mass is 16.6. The minimum Gasteiger partial charge on any atom is -0.473 e. The zero-order chi connectivity index (χ0) is 17.6. The number of nitro groups is 1. The monoisotopic (exact) mass is 342 g/mol. The molecule has 7 heteroatoms. The number of hydrogen-bond donors (Lipinski definition) is 1. The summed E-state index contributed by atoms with van der Waals surface area (Å²) in [7, 11) is 0. The fourth-order valence-electron chi connectivity index (χ4n) is 2.98. The van der Waals surface area contributed by atoms with Crippen LogP contribution < -0.4 is 10.1 Å². The lowest BCUT2D eigenvalue weighted by atomic mass is 10.2. The lowest BCUT2D eigenvalue weighted by Crippen LogP contribution is -2.24. The second-order valence-electron chi connectivity index (χ2n) is 6.09. The molecule has 0 saturated carbocycles. The Morgan fingerprint density at radius 1 is 1.36 bits per heavy atom. The molecule has 1 saturated heterocycles. The quantitative estimate of drug-likeness (QED) is 0.615. The fourth-order valence-corrected chi connectivity index (χ4v) is 2.98. The molecule has 1 fully saturated rings. The van der Waals surface area contributed by atoms with Crippen LogP contribution in [0.3, 0.4) is 0 Å². The van der Waals surface area contributed by atoms with Gasteiger partial charge in [-0.3, -0.25) is 15.0 Å². The maximum Gasteiger partial charge on any atom is 0.278 e. The van der Waals surface area contributed by atoms with Gasteiger partial charge in [-0.1, -0.05) is 30.3 Å². The van der Waals surface area contributed by atoms with Crippen LogP contribution in [-0.2, 0) is 6.54 Å². The smallest absolute Gasteiger partial charge is 0.278 e. The number of anilines is 1. The number of likely N-dealkylation sites (tertiary alicyclic amines) is 1. The van der Waals surface area contributed by atoms with Crippen LogP contribution in [-0.4, -0.2) is 40.5 Å². The van der Waals surface area contributed by atoms with Gasteiger partial charge in [0, 0.05) is 26.2 Å². The van der Waals surface area contributed by atoms with Gasteiger partial charge in [-0.25, -0.2) is 0 Å². The van der Waals surface area contributed by atoms with Crippen molar-refractivity contribution in [1.82, 2.24) is 9.88 Å². The summed E-state index contributed by atoms with van der Waals surface area (Å²) < 4.78 is 5.92. The molecule has 2 aromatic rings. The van der Waals surface area contributed by atoms with Crippen LogP contribution in [0.5, 0.6) is 5.88 Å². The number of benzene rings is 1. The third-order valence-corrected chi connectivity index (χ3v) is 4.12. The number of nitrogens with zero attached hydrogens (tertiary/aromatic N) is 3. The van der Waals surface area contributed by atoms with E-state index in [2.05, 4.69) is 27.3 Å². The fraction of sp³-hybridized carbons (Fsp3) is 0.389. The van der Waals surface area contributed by atoms with E-state index in [1.54, 1.807) is 0 Å². The molecule has 1 aliphatic rings. The first-order chi connectivity index (χ1) is 12.1. The van der Waals surface area contributed by atoms with E-state index < -0.39 is 4.92 Å². The summed E-state index contributed by atoms with van der Waals surface area (Å²) in [4.78, 5) is 17.3. The molecule has 1 aromatic carbocycles. The molecular weight excluding hydrogens is 320 g/mol. The molecule has 132 valence electrons. The van der Waals surface area contributed by atoms with E-state index in [1.165, 1.54) is 17.7 Å². The topological polar surface area (TPSA) is 80.5 Å². The molecule has 0 aliphatic carbocycles. The Morgan fingerprint density at radius 2 is 2.16 bits per heavy atom. The van der Waals surface area contributed by atoms with Crippen molar-refractivity contribution in [3.05, 3.63) is 58.1 Å². The summed E-state index contributed by atoms with van der Waals surface area (Å²) in [6.45, 7) is 5.16. The predicted molar refractivity (Wildman–Crippen MR) is 95.8 cm³/mol. The maximum absolute atomic E-state index is 11.1. The molecule has 3 rings (SSSR count). The molecule has 1 aliphatic heterocycles. The average Bonchev–Trinajstić information content (AvgIpc) is 3.02. The lowest BCUT2D eigenvalue weighted by Gasteiger charge is -2.17. The number of rotatable bonds is 7. The highest BCUT2D eigenvalue weighted by Gasteiger charge is 2.25. The number of pyridine rings is 1. The van der Waals surface area contributed by atoms with Crippen LogP contribution in [0.4, 0.5) is 11.5 Å². The van der Waals surface area contributed by atoms with Crippen LogP contribution in [0.25, 0.3) is 0 Å². The van der Waals surface area contributed by atoms with Gasteiger partial charge in [0.15, 0.2) is 0 Å². The summed E-state index contributed by atoms with van der Waals surface area (Å²) in [6, 6.07) is 13.1. The van der Waals surface area contributed by atoms with Gasteiger partial charge in [-0.15, -0.1) is 0 Å². The van der Waals surface area contributed by atoms with E-state index >= 15 is 0 Å². The van der Waals surface area contributed by atoms with E-state index in [4.69, 9.17) is 4.74 Å². The minimum atomic E-state index is -0.425. The number of nitrogens with one attached hydrogen (secondary N) is 1. The Morgan fingerprint density at radius 3 is 2.88 bits per heavy atom. The van der Waals surface area contributed by atoms with Gasteiger partial charge in [0.25, 0.3) is 5.69 Å². The summed E-state index contributed by atoms with van der Waals surface area (Å²) in [5.74, 6) is 0.766. The number of hydrogen-bond acceptors (Lipinski definition) is 6. The Bertz CT molecular complexity index is 724. The van der Waals surface area contributed by atoms with Gasteiger partial charge < -0.3 is 10.1 Å². The largest absolute Gasteiger partial charge is 0.473 e. The highest BCUT2D eigenvalue weighted by molar-refractivity contribution is 5.48. The zero-order valence-corrected chi connectivity index (χ0v) is 14.2. The van der Waals surface area contributed by atoms with Crippen molar-refractivity contribution in [1.29, 1.82) is 0 Å². The van der Waals surface area contributed by atoms with Gasteiger partial charge in [0.05, 0.1) is 17.1 Å². The van der Waals surface area contributed by atoms with Crippen molar-refractivity contribution in [3.63, 3.8) is 0 Å². The average molecular weight is 342 g/mol. The third kappa shape index (κ3) is 4.67. The molecule has 7 nitrogen and oxygen atoms in total.